The second-order valence-corrected chi connectivity index (χ2v) is 5.20. The van der Waals surface area contributed by atoms with E-state index in [0.29, 0.717) is 35.1 Å². The van der Waals surface area contributed by atoms with Crippen LogP contribution in [0.25, 0.3) is 0 Å². The van der Waals surface area contributed by atoms with E-state index in [1.54, 1.807) is 42.5 Å². The fraction of sp³-hybridized carbons (Fsp3) is 0.167. The number of amides is 2. The minimum Gasteiger partial charge on any atom is -0.492 e. The highest BCUT2D eigenvalue weighted by molar-refractivity contribution is 6.39. The number of ether oxygens (including phenoxy) is 3. The molecule has 0 fully saturated rings. The molecule has 134 valence electrons. The van der Waals surface area contributed by atoms with Gasteiger partial charge in [-0.3, -0.25) is 9.59 Å². The smallest absolute Gasteiger partial charge is 0.329 e. The van der Waals surface area contributed by atoms with Gasteiger partial charge in [0.2, 0.25) is 6.79 Å². The van der Waals surface area contributed by atoms with Crippen molar-refractivity contribution in [3.05, 3.63) is 48.0 Å². The van der Waals surface area contributed by atoms with E-state index < -0.39 is 11.8 Å². The number of carbonyl (C=O) groups excluding carboxylic acids is 2. The summed E-state index contributed by atoms with van der Waals surface area (Å²) in [4.78, 5) is 23.8. The second kappa shape index (κ2) is 8.02. The number of hydrogen-bond donors (Lipinski definition) is 2. The predicted octanol–water partition coefficient (Wildman–Crippen LogP) is 1.90. The first-order chi connectivity index (χ1) is 12.7. The molecule has 26 heavy (non-hydrogen) atoms. The summed E-state index contributed by atoms with van der Waals surface area (Å²) >= 11 is 0. The van der Waals surface area contributed by atoms with Crippen LogP contribution in [-0.4, -0.2) is 31.4 Å². The molecule has 0 radical (unpaired) electrons. The minimum atomic E-state index is -0.895. The molecule has 0 aliphatic carbocycles. The van der Waals surface area contributed by atoms with Crippen LogP contribution in [0.15, 0.2) is 47.6 Å². The molecule has 2 aromatic carbocycles. The van der Waals surface area contributed by atoms with Gasteiger partial charge in [0.05, 0.1) is 18.5 Å². The Morgan fingerprint density at radius 2 is 1.96 bits per heavy atom. The van der Waals surface area contributed by atoms with E-state index >= 15 is 0 Å². The minimum absolute atomic E-state index is 0.177. The fourth-order valence-electron chi connectivity index (χ4n) is 2.24. The third kappa shape index (κ3) is 4.10. The molecule has 0 atom stereocenters. The van der Waals surface area contributed by atoms with Crippen molar-refractivity contribution in [3.8, 4) is 17.2 Å². The molecule has 0 bridgehead atoms. The molecule has 3 rings (SSSR count). The lowest BCUT2D eigenvalue weighted by atomic mass is 10.2. The highest BCUT2D eigenvalue weighted by Gasteiger charge is 2.15. The molecule has 0 spiro atoms. The summed E-state index contributed by atoms with van der Waals surface area (Å²) in [5.74, 6) is -0.00243. The van der Waals surface area contributed by atoms with Crippen molar-refractivity contribution in [2.75, 3.05) is 18.7 Å². The van der Waals surface area contributed by atoms with Gasteiger partial charge in [-0.05, 0) is 42.8 Å². The van der Waals surface area contributed by atoms with Gasteiger partial charge < -0.3 is 19.5 Å². The van der Waals surface area contributed by atoms with Gasteiger partial charge in [-0.2, -0.15) is 5.10 Å². The first kappa shape index (κ1) is 17.3. The van der Waals surface area contributed by atoms with Crippen molar-refractivity contribution in [2.45, 2.75) is 6.92 Å². The van der Waals surface area contributed by atoms with Gasteiger partial charge in [-0.15, -0.1) is 0 Å². The van der Waals surface area contributed by atoms with Gasteiger partial charge in [-0.25, -0.2) is 5.43 Å². The van der Waals surface area contributed by atoms with Crippen molar-refractivity contribution in [1.29, 1.82) is 0 Å². The first-order valence-electron chi connectivity index (χ1n) is 7.93. The van der Waals surface area contributed by atoms with Crippen LogP contribution in [0.4, 0.5) is 5.69 Å². The summed E-state index contributed by atoms with van der Waals surface area (Å²) in [6, 6.07) is 12.1. The van der Waals surface area contributed by atoms with Gasteiger partial charge in [0, 0.05) is 0 Å². The number of anilines is 1. The Labute approximate surface area is 149 Å². The van der Waals surface area contributed by atoms with E-state index in [0.717, 1.165) is 0 Å². The number of para-hydroxylation sites is 2. The number of nitrogens with zero attached hydrogens (tertiary/aromatic N) is 1. The number of fused-ring (bicyclic) bond motifs is 1. The number of benzene rings is 2. The van der Waals surface area contributed by atoms with Gasteiger partial charge in [-0.1, -0.05) is 12.1 Å². The molecular formula is C18H17N3O5. The van der Waals surface area contributed by atoms with Crippen molar-refractivity contribution in [2.24, 2.45) is 5.10 Å². The Hall–Kier alpha value is -3.55. The lowest BCUT2D eigenvalue weighted by molar-refractivity contribution is -0.136. The zero-order valence-electron chi connectivity index (χ0n) is 14.0. The van der Waals surface area contributed by atoms with Gasteiger partial charge >= 0.3 is 11.8 Å². The topological polar surface area (TPSA) is 98.2 Å². The van der Waals surface area contributed by atoms with Crippen molar-refractivity contribution in [1.82, 2.24) is 5.43 Å². The molecule has 2 amide bonds. The number of hydrazone groups is 1. The van der Waals surface area contributed by atoms with Crippen LogP contribution in [0, 0.1) is 0 Å². The fourth-order valence-corrected chi connectivity index (χ4v) is 2.24. The van der Waals surface area contributed by atoms with E-state index in [1.807, 2.05) is 6.92 Å². The second-order valence-electron chi connectivity index (χ2n) is 5.20. The number of carbonyl (C=O) groups is 2. The summed E-state index contributed by atoms with van der Waals surface area (Å²) in [5.41, 5.74) is 3.28. The third-order valence-electron chi connectivity index (χ3n) is 3.42. The number of rotatable bonds is 5. The molecule has 8 heteroatoms. The molecule has 1 aliphatic rings. The molecule has 2 aromatic rings. The largest absolute Gasteiger partial charge is 0.492 e. The quantitative estimate of drug-likeness (QED) is 0.485. The Bertz CT molecular complexity index is 850. The maximum Gasteiger partial charge on any atom is 0.329 e. The Morgan fingerprint density at radius 3 is 2.81 bits per heavy atom. The van der Waals surface area contributed by atoms with Crippen LogP contribution in [0.3, 0.4) is 0 Å². The molecule has 0 saturated carbocycles. The predicted molar refractivity (Wildman–Crippen MR) is 94.5 cm³/mol. The van der Waals surface area contributed by atoms with Crippen LogP contribution < -0.4 is 25.0 Å². The van der Waals surface area contributed by atoms with Crippen LogP contribution in [0.1, 0.15) is 12.5 Å². The maximum absolute atomic E-state index is 12.0. The van der Waals surface area contributed by atoms with E-state index in [9.17, 15) is 9.59 Å². The van der Waals surface area contributed by atoms with Crippen LogP contribution in [0.2, 0.25) is 0 Å². The van der Waals surface area contributed by atoms with Crippen LogP contribution in [-0.2, 0) is 9.59 Å². The summed E-state index contributed by atoms with van der Waals surface area (Å²) in [5, 5.41) is 6.27. The molecule has 1 aliphatic heterocycles. The highest BCUT2D eigenvalue weighted by Crippen LogP contribution is 2.31. The molecule has 8 nitrogen and oxygen atoms in total. The van der Waals surface area contributed by atoms with E-state index in [2.05, 4.69) is 15.8 Å². The van der Waals surface area contributed by atoms with Gasteiger partial charge in [0.1, 0.15) is 5.75 Å². The average molecular weight is 355 g/mol. The zero-order valence-corrected chi connectivity index (χ0v) is 14.0. The molecule has 0 saturated heterocycles. The monoisotopic (exact) mass is 355 g/mol. The molecule has 1 heterocycles. The van der Waals surface area contributed by atoms with Crippen molar-refractivity contribution >= 4 is 23.7 Å². The zero-order chi connectivity index (χ0) is 18.4. The summed E-state index contributed by atoms with van der Waals surface area (Å²) in [7, 11) is 0. The van der Waals surface area contributed by atoms with Crippen molar-refractivity contribution < 1.29 is 23.8 Å². The first-order valence-corrected chi connectivity index (χ1v) is 7.93. The summed E-state index contributed by atoms with van der Waals surface area (Å²) in [6.45, 7) is 2.45. The molecule has 0 unspecified atom stereocenters. The molecular weight excluding hydrogens is 338 g/mol. The van der Waals surface area contributed by atoms with E-state index in [1.165, 1.54) is 6.21 Å². The molecule has 2 N–H and O–H groups in total. The Balaban J connectivity index is 1.57. The van der Waals surface area contributed by atoms with Gasteiger partial charge in [0.25, 0.3) is 0 Å². The Morgan fingerprint density at radius 1 is 1.15 bits per heavy atom. The normalized spacial score (nSPS) is 12.0. The van der Waals surface area contributed by atoms with Crippen LogP contribution >= 0.6 is 0 Å². The van der Waals surface area contributed by atoms with Crippen molar-refractivity contribution in [3.63, 3.8) is 0 Å². The standard InChI is InChI=1S/C18H17N3O5/c1-2-24-14-6-4-3-5-13(14)20-17(22)18(23)21-19-10-12-7-8-15-16(9-12)26-11-25-15/h3-10H,2,11H2,1H3,(H,20,22)(H,21,23)/b19-10-. The Kier molecular flexibility index (Phi) is 5.33. The summed E-state index contributed by atoms with van der Waals surface area (Å²) in [6.07, 6.45) is 1.40. The average Bonchev–Trinajstić information content (AvgIpc) is 3.11. The van der Waals surface area contributed by atoms with E-state index in [4.69, 9.17) is 14.2 Å². The maximum atomic E-state index is 12.0. The molecule has 0 aromatic heterocycles. The lowest BCUT2D eigenvalue weighted by Crippen LogP contribution is -2.32. The highest BCUT2D eigenvalue weighted by atomic mass is 16.7. The summed E-state index contributed by atoms with van der Waals surface area (Å²) < 4.78 is 15.9. The SMILES string of the molecule is CCOc1ccccc1NC(=O)C(=O)N/N=C\c1ccc2c(c1)OCO2. The van der Waals surface area contributed by atoms with E-state index in [-0.39, 0.29) is 6.79 Å². The van der Waals surface area contributed by atoms with Crippen LogP contribution in [0.5, 0.6) is 17.2 Å². The third-order valence-corrected chi connectivity index (χ3v) is 3.42. The number of nitrogens with one attached hydrogen (secondary N) is 2. The lowest BCUT2D eigenvalue weighted by Gasteiger charge is -2.10. The number of hydrogen-bond acceptors (Lipinski definition) is 6. The van der Waals surface area contributed by atoms with Gasteiger partial charge in [0.15, 0.2) is 11.5 Å².